The lowest BCUT2D eigenvalue weighted by molar-refractivity contribution is 0.135. The zero-order valence-electron chi connectivity index (χ0n) is 17.5. The summed E-state index contributed by atoms with van der Waals surface area (Å²) in [6, 6.07) is 11.5. The maximum absolute atomic E-state index is 10.9. The van der Waals surface area contributed by atoms with Crippen LogP contribution in [0.25, 0.3) is 0 Å². The van der Waals surface area contributed by atoms with Gasteiger partial charge in [-0.3, -0.25) is 20.6 Å². The average Bonchev–Trinajstić information content (AvgIpc) is 2.78. The van der Waals surface area contributed by atoms with Gasteiger partial charge in [-0.1, -0.05) is 12.1 Å². The Bertz CT molecular complexity index is 913. The van der Waals surface area contributed by atoms with Crippen LogP contribution in [-0.4, -0.2) is 53.2 Å². The van der Waals surface area contributed by atoms with Crippen molar-refractivity contribution in [3.63, 3.8) is 0 Å². The van der Waals surface area contributed by atoms with Crippen LogP contribution in [0.15, 0.2) is 42.6 Å². The molecule has 1 saturated heterocycles. The Morgan fingerprint density at radius 3 is 2.87 bits per heavy atom. The topological polar surface area (TPSA) is 111 Å². The zero-order chi connectivity index (χ0) is 21.6. The Labute approximate surface area is 182 Å². The third-order valence-electron chi connectivity index (χ3n) is 6.01. The second-order valence-corrected chi connectivity index (χ2v) is 8.19. The number of nitrogens with one attached hydrogen (secondary N) is 3. The van der Waals surface area contributed by atoms with Crippen LogP contribution in [0, 0.1) is 11.3 Å². The third kappa shape index (κ3) is 5.59. The summed E-state index contributed by atoms with van der Waals surface area (Å²) in [5.41, 5.74) is 3.14. The predicted molar refractivity (Wildman–Crippen MR) is 118 cm³/mol. The Balaban J connectivity index is 1.30. The second-order valence-electron chi connectivity index (χ2n) is 8.19. The van der Waals surface area contributed by atoms with Crippen molar-refractivity contribution in [3.05, 3.63) is 59.4 Å². The summed E-state index contributed by atoms with van der Waals surface area (Å²) in [6.07, 6.45) is 3.65. The molecule has 1 aromatic carbocycles. The van der Waals surface area contributed by atoms with Gasteiger partial charge >= 0.3 is 6.09 Å². The summed E-state index contributed by atoms with van der Waals surface area (Å²) >= 11 is 0. The van der Waals surface area contributed by atoms with E-state index in [-0.39, 0.29) is 5.84 Å². The van der Waals surface area contributed by atoms with Crippen LogP contribution < -0.4 is 15.4 Å². The molecule has 2 aromatic rings. The maximum atomic E-state index is 10.9. The first-order valence-electron chi connectivity index (χ1n) is 10.8. The lowest BCUT2D eigenvalue weighted by Crippen LogP contribution is -2.42. The highest BCUT2D eigenvalue weighted by Gasteiger charge is 2.26. The van der Waals surface area contributed by atoms with E-state index in [1.54, 1.807) is 0 Å². The van der Waals surface area contributed by atoms with E-state index in [9.17, 15) is 4.79 Å². The lowest BCUT2D eigenvalue weighted by Gasteiger charge is -2.32. The Hall–Kier alpha value is -2.97. The van der Waals surface area contributed by atoms with Crippen LogP contribution in [-0.2, 0) is 13.0 Å². The summed E-state index contributed by atoms with van der Waals surface area (Å²) < 4.78 is 6.11. The van der Waals surface area contributed by atoms with Crippen molar-refractivity contribution in [1.29, 1.82) is 5.41 Å². The molecule has 31 heavy (non-hydrogen) atoms. The van der Waals surface area contributed by atoms with E-state index in [1.165, 1.54) is 0 Å². The van der Waals surface area contributed by atoms with Crippen molar-refractivity contribution in [2.75, 3.05) is 26.2 Å². The first-order chi connectivity index (χ1) is 15.1. The minimum atomic E-state index is -1.22. The number of hydrogen-bond donors (Lipinski definition) is 4. The largest absolute Gasteiger partial charge is 0.493 e. The molecule has 4 rings (SSSR count). The van der Waals surface area contributed by atoms with Gasteiger partial charge in [-0.15, -0.1) is 0 Å². The van der Waals surface area contributed by atoms with Gasteiger partial charge in [0.2, 0.25) is 0 Å². The molecule has 1 amide bonds. The highest BCUT2D eigenvalue weighted by atomic mass is 16.5. The summed E-state index contributed by atoms with van der Waals surface area (Å²) in [6.45, 7) is 4.35. The third-order valence-corrected chi connectivity index (χ3v) is 6.01. The number of amides is 1. The molecule has 3 heterocycles. The maximum Gasteiger partial charge on any atom is 0.410 e. The summed E-state index contributed by atoms with van der Waals surface area (Å²) in [4.78, 5) is 17.8. The minimum Gasteiger partial charge on any atom is -0.493 e. The van der Waals surface area contributed by atoms with Gasteiger partial charge in [0.25, 0.3) is 0 Å². The Morgan fingerprint density at radius 2 is 2.13 bits per heavy atom. The number of piperidine rings is 1. The molecular weight excluding hydrogens is 394 g/mol. The number of carbonyl (C=O) groups is 1. The molecule has 1 atom stereocenters. The molecule has 8 nitrogen and oxygen atoms in total. The molecule has 2 aliphatic heterocycles. The Morgan fingerprint density at radius 1 is 1.29 bits per heavy atom. The van der Waals surface area contributed by atoms with Crippen LogP contribution in [0.5, 0.6) is 5.75 Å². The van der Waals surface area contributed by atoms with E-state index in [4.69, 9.17) is 15.3 Å². The van der Waals surface area contributed by atoms with Gasteiger partial charge in [0.15, 0.2) is 0 Å². The van der Waals surface area contributed by atoms with Crippen molar-refractivity contribution in [1.82, 2.24) is 20.5 Å². The van der Waals surface area contributed by atoms with Crippen molar-refractivity contribution in [2.24, 2.45) is 5.92 Å². The number of likely N-dealkylation sites (tertiary alicyclic amines) is 1. The van der Waals surface area contributed by atoms with E-state index in [0.29, 0.717) is 19.1 Å². The molecule has 1 unspecified atom stereocenters. The predicted octanol–water partition coefficient (Wildman–Crippen LogP) is 2.80. The van der Waals surface area contributed by atoms with Gasteiger partial charge in [-0.25, -0.2) is 4.79 Å². The number of amidine groups is 1. The highest BCUT2D eigenvalue weighted by molar-refractivity contribution is 5.97. The normalized spacial score (nSPS) is 19.4. The van der Waals surface area contributed by atoms with Crippen LogP contribution in [0.2, 0.25) is 0 Å². The molecule has 0 spiro atoms. The minimum absolute atomic E-state index is 0.0640. The smallest absolute Gasteiger partial charge is 0.410 e. The molecule has 0 radical (unpaired) electrons. The number of aromatic nitrogens is 1. The molecule has 2 aliphatic rings. The average molecular weight is 424 g/mol. The van der Waals surface area contributed by atoms with E-state index < -0.39 is 12.1 Å². The number of rotatable bonds is 6. The summed E-state index contributed by atoms with van der Waals surface area (Å²) in [5, 5.41) is 22.4. The van der Waals surface area contributed by atoms with Crippen molar-refractivity contribution >= 4 is 11.9 Å². The van der Waals surface area contributed by atoms with Gasteiger partial charge in [-0.05, 0) is 73.7 Å². The number of carboxylic acid groups (broad SMARTS) is 1. The highest BCUT2D eigenvalue weighted by Crippen LogP contribution is 2.28. The summed E-state index contributed by atoms with van der Waals surface area (Å²) in [5.74, 6) is 1.22. The molecule has 0 saturated carbocycles. The summed E-state index contributed by atoms with van der Waals surface area (Å²) in [7, 11) is 0. The van der Waals surface area contributed by atoms with E-state index in [0.717, 1.165) is 61.5 Å². The number of benzene rings is 1. The van der Waals surface area contributed by atoms with E-state index in [2.05, 4.69) is 26.6 Å². The Kier molecular flexibility index (Phi) is 6.79. The standard InChI is InChI=1S/C23H29N5O3/c24-22(27-23(29)30)21-20-13-19(5-4-17(20)6-10-26-21)31-15-16-7-11-28(12-8-16)14-18-3-1-2-9-25-18/h1-5,9,13,16,21,26H,6-8,10-12,14-15H2,(H2,24,27)(H,29,30). The first kappa shape index (κ1) is 21.3. The molecule has 1 fully saturated rings. The van der Waals surface area contributed by atoms with Crippen LogP contribution in [0.3, 0.4) is 0 Å². The fraction of sp³-hybridized carbons (Fsp3) is 0.435. The molecule has 1 aromatic heterocycles. The fourth-order valence-corrected chi connectivity index (χ4v) is 4.31. The second kappa shape index (κ2) is 9.89. The number of fused-ring (bicyclic) bond motifs is 1. The van der Waals surface area contributed by atoms with Gasteiger partial charge < -0.3 is 15.2 Å². The van der Waals surface area contributed by atoms with Gasteiger partial charge in [-0.2, -0.15) is 0 Å². The molecule has 4 N–H and O–H groups in total. The molecule has 8 heteroatoms. The lowest BCUT2D eigenvalue weighted by atomic mass is 9.93. The molecule has 0 aliphatic carbocycles. The van der Waals surface area contributed by atoms with Gasteiger partial charge in [0, 0.05) is 19.3 Å². The van der Waals surface area contributed by atoms with Crippen LogP contribution in [0.1, 0.15) is 35.7 Å². The fourth-order valence-electron chi connectivity index (χ4n) is 4.31. The van der Waals surface area contributed by atoms with Crippen molar-refractivity contribution in [2.45, 2.75) is 31.8 Å². The number of hydrogen-bond acceptors (Lipinski definition) is 6. The van der Waals surface area contributed by atoms with Gasteiger partial charge in [0.05, 0.1) is 18.3 Å². The number of nitrogens with zero attached hydrogens (tertiary/aromatic N) is 2. The van der Waals surface area contributed by atoms with Crippen molar-refractivity contribution in [3.8, 4) is 5.75 Å². The number of pyridine rings is 1. The quantitative estimate of drug-likeness (QED) is 0.420. The van der Waals surface area contributed by atoms with Crippen LogP contribution >= 0.6 is 0 Å². The van der Waals surface area contributed by atoms with Gasteiger partial charge in [0.1, 0.15) is 11.6 Å². The molecule has 164 valence electrons. The SMILES string of the molecule is N=C(NC(=O)O)C1NCCc2ccc(OCC3CCN(Cc4ccccn4)CC3)cc21. The van der Waals surface area contributed by atoms with E-state index in [1.807, 2.05) is 36.5 Å². The first-order valence-corrected chi connectivity index (χ1v) is 10.8. The zero-order valence-corrected chi connectivity index (χ0v) is 17.5. The number of ether oxygens (including phenoxy) is 1. The molecule has 0 bridgehead atoms. The molecular formula is C23H29N5O3. The van der Waals surface area contributed by atoms with Crippen LogP contribution in [0.4, 0.5) is 4.79 Å². The van der Waals surface area contributed by atoms with E-state index >= 15 is 0 Å². The monoisotopic (exact) mass is 423 g/mol. The van der Waals surface area contributed by atoms with Crippen molar-refractivity contribution < 1.29 is 14.6 Å².